The molecule has 2 rings (SSSR count). The second kappa shape index (κ2) is 14.5. The van der Waals surface area contributed by atoms with Gasteiger partial charge in [0.15, 0.2) is 5.96 Å². The largest absolute Gasteiger partial charge is 0.497 e. The Bertz CT molecular complexity index is 814. The number of guanidine groups is 1. The van der Waals surface area contributed by atoms with Crippen LogP contribution in [0.4, 0.5) is 0 Å². The van der Waals surface area contributed by atoms with E-state index in [9.17, 15) is 4.79 Å². The minimum Gasteiger partial charge on any atom is -0.497 e. The van der Waals surface area contributed by atoms with Crippen molar-refractivity contribution in [3.05, 3.63) is 59.7 Å². The maximum absolute atomic E-state index is 12.2. The first-order chi connectivity index (χ1) is 14.2. The number of aliphatic imine (C=N–C) groups is 1. The fourth-order valence-corrected chi connectivity index (χ4v) is 2.76. The Hall–Kier alpha value is -2.49. The summed E-state index contributed by atoms with van der Waals surface area (Å²) in [6.07, 6.45) is 0.785. The van der Waals surface area contributed by atoms with E-state index in [1.54, 1.807) is 32.4 Å². The average Bonchev–Trinajstić information content (AvgIpc) is 2.76. The van der Waals surface area contributed by atoms with Crippen molar-refractivity contribution in [2.45, 2.75) is 13.3 Å². The van der Waals surface area contributed by atoms with Crippen LogP contribution < -0.4 is 25.4 Å². The zero-order valence-electron chi connectivity index (χ0n) is 17.7. The minimum absolute atomic E-state index is 0. The van der Waals surface area contributed by atoms with Crippen LogP contribution in [-0.4, -0.2) is 52.3 Å². The molecule has 30 heavy (non-hydrogen) atoms. The van der Waals surface area contributed by atoms with Gasteiger partial charge in [-0.2, -0.15) is 0 Å². The van der Waals surface area contributed by atoms with Crippen LogP contribution >= 0.6 is 24.0 Å². The molecule has 3 N–H and O–H groups in total. The number of benzene rings is 2. The van der Waals surface area contributed by atoms with Crippen molar-refractivity contribution in [1.82, 2.24) is 16.0 Å². The quantitative estimate of drug-likeness (QED) is 0.192. The number of para-hydroxylation sites is 1. The number of ether oxygens (including phenoxy) is 2. The van der Waals surface area contributed by atoms with Crippen LogP contribution in [0.1, 0.15) is 22.8 Å². The van der Waals surface area contributed by atoms with E-state index in [1.165, 1.54) is 0 Å². The van der Waals surface area contributed by atoms with Gasteiger partial charge in [0.25, 0.3) is 5.91 Å². The standard InChI is InChI=1S/C22H30N4O3.HI/c1-4-23-22(25-13-12-17-8-5-6-11-20(17)29-3)26-15-14-24-21(27)18-9-7-10-19(16-18)28-2;/h5-11,16H,4,12-15H2,1-3H3,(H,24,27)(H2,23,25,26);1H. The van der Waals surface area contributed by atoms with Gasteiger partial charge in [0, 0.05) is 31.7 Å². The lowest BCUT2D eigenvalue weighted by Gasteiger charge is -2.12. The predicted octanol–water partition coefficient (Wildman–Crippen LogP) is 2.85. The summed E-state index contributed by atoms with van der Waals surface area (Å²) >= 11 is 0. The van der Waals surface area contributed by atoms with E-state index in [0.717, 1.165) is 30.2 Å². The van der Waals surface area contributed by atoms with Crippen LogP contribution in [0.5, 0.6) is 11.5 Å². The molecule has 2 aromatic carbocycles. The van der Waals surface area contributed by atoms with Crippen molar-refractivity contribution in [1.29, 1.82) is 0 Å². The van der Waals surface area contributed by atoms with Crippen molar-refractivity contribution in [3.8, 4) is 11.5 Å². The third kappa shape index (κ3) is 8.48. The topological polar surface area (TPSA) is 84.0 Å². The van der Waals surface area contributed by atoms with Gasteiger partial charge >= 0.3 is 0 Å². The van der Waals surface area contributed by atoms with Crippen LogP contribution in [0, 0.1) is 0 Å². The van der Waals surface area contributed by atoms with Gasteiger partial charge in [-0.05, 0) is 43.2 Å². The van der Waals surface area contributed by atoms with E-state index in [1.807, 2.05) is 37.3 Å². The molecule has 0 radical (unpaired) electrons. The van der Waals surface area contributed by atoms with Crippen LogP contribution in [0.3, 0.4) is 0 Å². The fourth-order valence-electron chi connectivity index (χ4n) is 2.76. The number of halogens is 1. The zero-order valence-corrected chi connectivity index (χ0v) is 20.1. The number of rotatable bonds is 10. The third-order valence-electron chi connectivity index (χ3n) is 4.22. The van der Waals surface area contributed by atoms with Crippen LogP contribution in [0.2, 0.25) is 0 Å². The van der Waals surface area contributed by atoms with Crippen molar-refractivity contribution in [2.24, 2.45) is 4.99 Å². The van der Waals surface area contributed by atoms with Gasteiger partial charge in [0.05, 0.1) is 14.2 Å². The van der Waals surface area contributed by atoms with Gasteiger partial charge in [-0.15, -0.1) is 24.0 Å². The number of carbonyl (C=O) groups excluding carboxylic acids is 1. The number of nitrogens with zero attached hydrogens (tertiary/aromatic N) is 1. The van der Waals surface area contributed by atoms with Gasteiger partial charge in [-0.3, -0.25) is 9.79 Å². The smallest absolute Gasteiger partial charge is 0.251 e. The molecular formula is C22H31IN4O3. The lowest BCUT2D eigenvalue weighted by molar-refractivity contribution is 0.0954. The highest BCUT2D eigenvalue weighted by molar-refractivity contribution is 14.0. The second-order valence-corrected chi connectivity index (χ2v) is 6.24. The van der Waals surface area contributed by atoms with Gasteiger partial charge < -0.3 is 25.4 Å². The fraction of sp³-hybridized carbons (Fsp3) is 0.364. The minimum atomic E-state index is -0.135. The van der Waals surface area contributed by atoms with Crippen molar-refractivity contribution in [2.75, 3.05) is 40.4 Å². The summed E-state index contributed by atoms with van der Waals surface area (Å²) in [6, 6.07) is 15.0. The van der Waals surface area contributed by atoms with Gasteiger partial charge in [0.1, 0.15) is 11.5 Å². The van der Waals surface area contributed by atoms with Crippen LogP contribution in [0.25, 0.3) is 0 Å². The van der Waals surface area contributed by atoms with E-state index < -0.39 is 0 Å². The normalized spacial score (nSPS) is 10.6. The average molecular weight is 526 g/mol. The molecule has 0 atom stereocenters. The maximum atomic E-state index is 12.2. The molecule has 0 fully saturated rings. The van der Waals surface area contributed by atoms with E-state index in [-0.39, 0.29) is 29.9 Å². The number of carbonyl (C=O) groups is 1. The van der Waals surface area contributed by atoms with E-state index in [0.29, 0.717) is 30.9 Å². The summed E-state index contributed by atoms with van der Waals surface area (Å²) in [6.45, 7) is 4.45. The molecule has 0 aliphatic rings. The molecule has 7 nitrogen and oxygen atoms in total. The van der Waals surface area contributed by atoms with Crippen molar-refractivity contribution in [3.63, 3.8) is 0 Å². The van der Waals surface area contributed by atoms with E-state index in [4.69, 9.17) is 9.47 Å². The molecule has 1 amide bonds. The Labute approximate surface area is 195 Å². The maximum Gasteiger partial charge on any atom is 0.251 e. The summed E-state index contributed by atoms with van der Waals surface area (Å²) in [5.41, 5.74) is 1.70. The number of amides is 1. The molecule has 0 heterocycles. The van der Waals surface area contributed by atoms with E-state index >= 15 is 0 Å². The van der Waals surface area contributed by atoms with Crippen molar-refractivity contribution >= 4 is 35.8 Å². The van der Waals surface area contributed by atoms with Crippen LogP contribution in [-0.2, 0) is 6.42 Å². The highest BCUT2D eigenvalue weighted by Gasteiger charge is 2.06. The predicted molar refractivity (Wildman–Crippen MR) is 131 cm³/mol. The summed E-state index contributed by atoms with van der Waals surface area (Å²) in [4.78, 5) is 16.8. The molecule has 0 bridgehead atoms. The number of hydrogen-bond acceptors (Lipinski definition) is 4. The first kappa shape index (κ1) is 25.5. The number of nitrogens with one attached hydrogen (secondary N) is 3. The number of hydrogen-bond donors (Lipinski definition) is 3. The Morgan fingerprint density at radius 2 is 1.73 bits per heavy atom. The summed E-state index contributed by atoms with van der Waals surface area (Å²) < 4.78 is 10.5. The van der Waals surface area contributed by atoms with Crippen molar-refractivity contribution < 1.29 is 14.3 Å². The summed E-state index contributed by atoms with van der Waals surface area (Å²) in [5, 5.41) is 9.33. The van der Waals surface area contributed by atoms with Gasteiger partial charge in [0.2, 0.25) is 0 Å². The highest BCUT2D eigenvalue weighted by atomic mass is 127. The first-order valence-corrected chi connectivity index (χ1v) is 9.74. The SMILES string of the molecule is CCNC(=NCCc1ccccc1OC)NCCNC(=O)c1cccc(OC)c1.I. The molecule has 8 heteroatoms. The molecule has 2 aromatic rings. The summed E-state index contributed by atoms with van der Waals surface area (Å²) in [5.74, 6) is 2.12. The molecule has 0 spiro atoms. The molecule has 0 aliphatic carbocycles. The highest BCUT2D eigenvalue weighted by Crippen LogP contribution is 2.17. The zero-order chi connectivity index (χ0) is 20.9. The Morgan fingerprint density at radius 1 is 0.967 bits per heavy atom. The molecular weight excluding hydrogens is 495 g/mol. The Kier molecular flexibility index (Phi) is 12.3. The Morgan fingerprint density at radius 3 is 2.47 bits per heavy atom. The second-order valence-electron chi connectivity index (χ2n) is 6.24. The molecule has 0 unspecified atom stereocenters. The lowest BCUT2D eigenvalue weighted by Crippen LogP contribution is -2.41. The molecule has 0 saturated carbocycles. The van der Waals surface area contributed by atoms with Gasteiger partial charge in [-0.1, -0.05) is 24.3 Å². The molecule has 0 saturated heterocycles. The monoisotopic (exact) mass is 526 g/mol. The van der Waals surface area contributed by atoms with E-state index in [2.05, 4.69) is 20.9 Å². The lowest BCUT2D eigenvalue weighted by atomic mass is 10.1. The molecule has 0 aliphatic heterocycles. The Balaban J connectivity index is 0.00000450. The third-order valence-corrected chi connectivity index (χ3v) is 4.22. The number of methoxy groups -OCH3 is 2. The van der Waals surface area contributed by atoms with Gasteiger partial charge in [-0.25, -0.2) is 0 Å². The van der Waals surface area contributed by atoms with Crippen LogP contribution in [0.15, 0.2) is 53.5 Å². The first-order valence-electron chi connectivity index (χ1n) is 9.74. The molecule has 164 valence electrons. The molecule has 0 aromatic heterocycles. The summed E-state index contributed by atoms with van der Waals surface area (Å²) in [7, 11) is 3.25.